The van der Waals surface area contributed by atoms with E-state index in [0.29, 0.717) is 77.6 Å². The standard InChI is InChI=1S/C41H37F2N7O6/c1-2-25-5-3-6-26-15-31(51)16-32(34(25)26)36-35(43)37-33(18-44-36)38(46-39(45-37)56-23-41-13-4-14-48(41)19-27(42)17-41)47-20-29-11-12-30(21-47)49(29)40(52)55-22-24-7-9-28(10-8-24)50(53)54/h1,3,5-10,15-16,18,27,29-30,51H,4,11-14,17,19-23H2/t27-,29?,30?,41+/m1/s1. The Balaban J connectivity index is 1.06. The quantitative estimate of drug-likeness (QED) is 0.105. The van der Waals surface area contributed by atoms with Crippen molar-refractivity contribution in [3.8, 4) is 35.4 Å². The first-order valence-electron chi connectivity index (χ1n) is 18.6. The molecule has 4 fully saturated rings. The van der Waals surface area contributed by atoms with Gasteiger partial charge in [-0.25, -0.2) is 13.6 Å². The SMILES string of the molecule is C#Cc1cccc2cc(O)cc(-c3ncc4c(N5CC6CCC(C5)N6C(=O)OCc5ccc([N+](=O)[O-])cc5)nc(OC[C@@]56CCCN5C[C@H](F)C6)nc4c3F)c12. The molecule has 3 aromatic carbocycles. The van der Waals surface area contributed by atoms with Crippen LogP contribution in [0.1, 0.15) is 43.2 Å². The summed E-state index contributed by atoms with van der Waals surface area (Å²) in [6.45, 7) is 1.95. The number of pyridine rings is 1. The lowest BCUT2D eigenvalue weighted by Crippen LogP contribution is -2.56. The fourth-order valence-electron chi connectivity index (χ4n) is 9.19. The maximum Gasteiger partial charge on any atom is 0.410 e. The number of hydrogen-bond acceptors (Lipinski definition) is 11. The van der Waals surface area contributed by atoms with Crippen molar-refractivity contribution in [2.75, 3.05) is 37.7 Å². The van der Waals surface area contributed by atoms with Gasteiger partial charge in [-0.2, -0.15) is 9.97 Å². The van der Waals surface area contributed by atoms with Crippen molar-refractivity contribution in [2.24, 2.45) is 0 Å². The van der Waals surface area contributed by atoms with Gasteiger partial charge in [0, 0.05) is 60.9 Å². The van der Waals surface area contributed by atoms with Crippen LogP contribution in [0.15, 0.2) is 60.8 Å². The van der Waals surface area contributed by atoms with Crippen LogP contribution >= 0.6 is 0 Å². The third-order valence-electron chi connectivity index (χ3n) is 11.7. The first kappa shape index (κ1) is 35.6. The second-order valence-corrected chi connectivity index (χ2v) is 15.1. The minimum atomic E-state index is -0.962. The highest BCUT2D eigenvalue weighted by atomic mass is 19.1. The second kappa shape index (κ2) is 13.9. The van der Waals surface area contributed by atoms with Crippen molar-refractivity contribution in [2.45, 2.75) is 62.5 Å². The molecule has 286 valence electrons. The predicted molar refractivity (Wildman–Crippen MR) is 203 cm³/mol. The summed E-state index contributed by atoms with van der Waals surface area (Å²) in [4.78, 5) is 43.8. The monoisotopic (exact) mass is 761 g/mol. The van der Waals surface area contributed by atoms with E-state index in [1.165, 1.54) is 24.4 Å². The van der Waals surface area contributed by atoms with E-state index >= 15 is 4.39 Å². The maximum absolute atomic E-state index is 17.1. The molecule has 2 bridgehead atoms. The summed E-state index contributed by atoms with van der Waals surface area (Å²) >= 11 is 0. The molecule has 0 radical (unpaired) electrons. The molecule has 2 unspecified atom stereocenters. The molecule has 0 spiro atoms. The topological polar surface area (TPSA) is 147 Å². The molecule has 9 rings (SSSR count). The zero-order valence-corrected chi connectivity index (χ0v) is 30.2. The average Bonchev–Trinajstić information content (AvgIpc) is 3.82. The number of nitro groups is 1. The number of piperazine rings is 1. The second-order valence-electron chi connectivity index (χ2n) is 15.1. The van der Waals surface area contributed by atoms with Gasteiger partial charge in [0.2, 0.25) is 0 Å². The van der Waals surface area contributed by atoms with Gasteiger partial charge in [0.1, 0.15) is 42.2 Å². The minimum Gasteiger partial charge on any atom is -0.508 e. The number of fused-ring (bicyclic) bond motifs is 5. The first-order valence-corrected chi connectivity index (χ1v) is 18.6. The van der Waals surface area contributed by atoms with Crippen LogP contribution in [-0.4, -0.2) is 97.5 Å². The fraction of sp³-hybridized carbons (Fsp3) is 0.366. The van der Waals surface area contributed by atoms with Gasteiger partial charge in [0.25, 0.3) is 5.69 Å². The lowest BCUT2D eigenvalue weighted by Gasteiger charge is -2.41. The van der Waals surface area contributed by atoms with Gasteiger partial charge in [-0.3, -0.25) is 24.9 Å². The van der Waals surface area contributed by atoms with Crippen LogP contribution in [0.2, 0.25) is 0 Å². The number of alkyl halides is 1. The van der Waals surface area contributed by atoms with Crippen LogP contribution in [0.3, 0.4) is 0 Å². The third kappa shape index (κ3) is 6.14. The average molecular weight is 762 g/mol. The maximum atomic E-state index is 17.1. The number of ether oxygens (including phenoxy) is 2. The number of phenols is 1. The van der Waals surface area contributed by atoms with Gasteiger partial charge >= 0.3 is 12.1 Å². The highest BCUT2D eigenvalue weighted by Crippen LogP contribution is 2.42. The van der Waals surface area contributed by atoms with Crippen molar-refractivity contribution in [1.82, 2.24) is 24.8 Å². The molecule has 15 heteroatoms. The van der Waals surface area contributed by atoms with E-state index in [4.69, 9.17) is 20.9 Å². The summed E-state index contributed by atoms with van der Waals surface area (Å²) in [5, 5.41) is 23.2. The Morgan fingerprint density at radius 2 is 1.89 bits per heavy atom. The molecule has 1 amide bonds. The molecular formula is C41H37F2N7O6. The number of nitro benzene ring substituents is 1. The Labute approximate surface area is 320 Å². The number of aromatic nitrogens is 3. The summed E-state index contributed by atoms with van der Waals surface area (Å²) in [5.41, 5.74) is 0.781. The van der Waals surface area contributed by atoms with E-state index in [-0.39, 0.29) is 54.0 Å². The number of terminal acetylenes is 1. The van der Waals surface area contributed by atoms with Crippen LogP contribution in [0, 0.1) is 28.3 Å². The van der Waals surface area contributed by atoms with Crippen LogP contribution < -0.4 is 9.64 Å². The fourth-order valence-corrected chi connectivity index (χ4v) is 9.19. The molecule has 4 aliphatic heterocycles. The number of aromatic hydroxyl groups is 1. The summed E-state index contributed by atoms with van der Waals surface area (Å²) in [7, 11) is 0. The first-order chi connectivity index (χ1) is 27.1. The van der Waals surface area contributed by atoms with Crippen molar-refractivity contribution in [3.05, 3.63) is 87.9 Å². The zero-order chi connectivity index (χ0) is 38.7. The molecular weight excluding hydrogens is 724 g/mol. The summed E-state index contributed by atoms with van der Waals surface area (Å²) in [6.07, 6.45) is 9.35. The van der Waals surface area contributed by atoms with Crippen LogP contribution in [0.4, 0.5) is 25.1 Å². The molecule has 1 N–H and O–H groups in total. The van der Waals surface area contributed by atoms with E-state index in [9.17, 15) is 24.4 Å². The Hall–Kier alpha value is -6.14. The Morgan fingerprint density at radius 1 is 1.11 bits per heavy atom. The Bertz CT molecular complexity index is 2430. The van der Waals surface area contributed by atoms with Crippen LogP contribution in [0.25, 0.3) is 32.9 Å². The van der Waals surface area contributed by atoms with Gasteiger partial charge < -0.3 is 19.5 Å². The van der Waals surface area contributed by atoms with Crippen molar-refractivity contribution in [1.29, 1.82) is 0 Å². The Morgan fingerprint density at radius 3 is 2.64 bits per heavy atom. The number of amides is 1. The highest BCUT2D eigenvalue weighted by Gasteiger charge is 2.50. The van der Waals surface area contributed by atoms with Crippen LogP contribution in [-0.2, 0) is 11.3 Å². The number of carbonyl (C=O) groups excluding carboxylic acids is 1. The Kier molecular flexibility index (Phi) is 8.80. The van der Waals surface area contributed by atoms with E-state index in [1.54, 1.807) is 41.3 Å². The van der Waals surface area contributed by atoms with Gasteiger partial charge in [-0.1, -0.05) is 18.1 Å². The molecule has 4 saturated heterocycles. The van der Waals surface area contributed by atoms with E-state index < -0.39 is 28.5 Å². The minimum absolute atomic E-state index is 0.0413. The molecule has 0 saturated carbocycles. The molecule has 5 aromatic rings. The smallest absolute Gasteiger partial charge is 0.410 e. The summed E-state index contributed by atoms with van der Waals surface area (Å²) in [6, 6.07) is 13.6. The van der Waals surface area contributed by atoms with E-state index in [1.807, 2.05) is 4.90 Å². The largest absolute Gasteiger partial charge is 0.508 e. The predicted octanol–water partition coefficient (Wildman–Crippen LogP) is 6.52. The molecule has 13 nitrogen and oxygen atoms in total. The van der Waals surface area contributed by atoms with Gasteiger partial charge in [-0.05, 0) is 73.5 Å². The number of anilines is 1. The van der Waals surface area contributed by atoms with Gasteiger partial charge in [-0.15, -0.1) is 6.42 Å². The third-order valence-corrected chi connectivity index (χ3v) is 11.7. The number of benzene rings is 3. The normalized spacial score (nSPS) is 23.1. The number of carbonyl (C=O) groups is 1. The number of non-ortho nitro benzene ring substituents is 1. The molecule has 4 aliphatic rings. The van der Waals surface area contributed by atoms with Gasteiger partial charge in [0.15, 0.2) is 5.82 Å². The van der Waals surface area contributed by atoms with Crippen molar-refractivity contribution in [3.63, 3.8) is 0 Å². The van der Waals surface area contributed by atoms with E-state index in [2.05, 4.69) is 20.8 Å². The zero-order valence-electron chi connectivity index (χ0n) is 30.2. The number of halogens is 2. The number of phenolic OH excluding ortho intramolecular Hbond substituents is 1. The number of nitrogens with zero attached hydrogens (tertiary/aromatic N) is 7. The molecule has 6 heterocycles. The lowest BCUT2D eigenvalue weighted by molar-refractivity contribution is -0.384. The molecule has 0 aliphatic carbocycles. The number of rotatable bonds is 8. The molecule has 2 aromatic heterocycles. The lowest BCUT2D eigenvalue weighted by atomic mass is 9.95. The summed E-state index contributed by atoms with van der Waals surface area (Å²) in [5.74, 6) is 2.21. The summed E-state index contributed by atoms with van der Waals surface area (Å²) < 4.78 is 43.7. The van der Waals surface area contributed by atoms with Crippen molar-refractivity contribution < 1.29 is 33.1 Å². The van der Waals surface area contributed by atoms with Crippen molar-refractivity contribution >= 4 is 39.3 Å². The molecule has 4 atom stereocenters. The van der Waals surface area contributed by atoms with Crippen LogP contribution in [0.5, 0.6) is 11.8 Å². The van der Waals surface area contributed by atoms with Gasteiger partial charge in [0.05, 0.1) is 27.9 Å². The van der Waals surface area contributed by atoms with E-state index in [0.717, 1.165) is 19.4 Å². The molecule has 56 heavy (non-hydrogen) atoms. The number of hydrogen-bond donors (Lipinski definition) is 1. The highest BCUT2D eigenvalue weighted by molar-refractivity contribution is 6.02.